The van der Waals surface area contributed by atoms with Crippen molar-refractivity contribution in [1.29, 1.82) is 0 Å². The van der Waals surface area contributed by atoms with E-state index >= 15 is 0 Å². The molecule has 1 saturated heterocycles. The molecule has 9 heteroatoms. The van der Waals surface area contributed by atoms with Crippen LogP contribution in [0.2, 0.25) is 5.02 Å². The van der Waals surface area contributed by atoms with Gasteiger partial charge < -0.3 is 20.7 Å². The average Bonchev–Trinajstić information content (AvgIpc) is 3.31. The maximum atomic E-state index is 13.4. The summed E-state index contributed by atoms with van der Waals surface area (Å²) in [5.74, 6) is 0.739. The molecule has 3 N–H and O–H groups in total. The van der Waals surface area contributed by atoms with Gasteiger partial charge in [-0.05, 0) is 37.3 Å². The van der Waals surface area contributed by atoms with Crippen LogP contribution in [0.5, 0.6) is 5.75 Å². The van der Waals surface area contributed by atoms with Gasteiger partial charge in [-0.1, -0.05) is 11.6 Å². The molecule has 3 saturated carbocycles. The summed E-state index contributed by atoms with van der Waals surface area (Å²) in [5.41, 5.74) is -0.255. The summed E-state index contributed by atoms with van der Waals surface area (Å²) in [6.45, 7) is 0.521. The molecule has 4 aliphatic rings. The first-order chi connectivity index (χ1) is 12.9. The fourth-order valence-electron chi connectivity index (χ4n) is 4.20. The number of fused-ring (bicyclic) bond motifs is 1. The Hall–Kier alpha value is -1.51. The maximum absolute atomic E-state index is 13.4. The number of halogens is 2. The van der Waals surface area contributed by atoms with Crippen molar-refractivity contribution in [3.05, 3.63) is 29.0 Å². The second-order valence-corrected chi connectivity index (χ2v) is 9.03. The zero-order valence-electron chi connectivity index (χ0n) is 14.6. The Balaban J connectivity index is 1.24. The molecule has 2 bridgehead atoms. The highest BCUT2D eigenvalue weighted by Crippen LogP contribution is 2.52. The average molecular weight is 414 g/mol. The molecule has 1 unspecified atom stereocenters. The van der Waals surface area contributed by atoms with Crippen LogP contribution < -0.4 is 20.7 Å². The number of benzene rings is 1. The lowest BCUT2D eigenvalue weighted by molar-refractivity contribution is -0.126. The standard InChI is InChI=1S/C18H21ClFN3O3S/c19-12-2-1-11(3-13(12)20)26-8-16(24)23-18-4-10(5-18)14(6-18)22-17(25)15-7-21-9-27-15/h1-3,10,14-15,21H,4-9H2,(H,22,25)(H,23,24)/t10?,14-,15?,18?/m0/s1. The van der Waals surface area contributed by atoms with Crippen molar-refractivity contribution in [2.75, 3.05) is 19.0 Å². The van der Waals surface area contributed by atoms with Crippen LogP contribution in [0, 0.1) is 11.7 Å². The van der Waals surface area contributed by atoms with Crippen molar-refractivity contribution in [3.63, 3.8) is 0 Å². The number of rotatable bonds is 6. The first-order valence-electron chi connectivity index (χ1n) is 8.96. The van der Waals surface area contributed by atoms with Crippen LogP contribution >= 0.6 is 23.4 Å². The Morgan fingerprint density at radius 1 is 1.37 bits per heavy atom. The number of carbonyl (C=O) groups is 2. The Labute approximate surface area is 165 Å². The van der Waals surface area contributed by atoms with Crippen molar-refractivity contribution >= 4 is 35.2 Å². The molecule has 146 valence electrons. The smallest absolute Gasteiger partial charge is 0.258 e. The number of hydrogen-bond donors (Lipinski definition) is 3. The molecule has 6 nitrogen and oxygen atoms in total. The van der Waals surface area contributed by atoms with Crippen LogP contribution in [0.15, 0.2) is 18.2 Å². The highest BCUT2D eigenvalue weighted by atomic mass is 35.5. The van der Waals surface area contributed by atoms with Crippen molar-refractivity contribution in [2.24, 2.45) is 5.92 Å². The summed E-state index contributed by atoms with van der Waals surface area (Å²) < 4.78 is 18.8. The van der Waals surface area contributed by atoms with E-state index in [1.807, 2.05) is 0 Å². The lowest BCUT2D eigenvalue weighted by Gasteiger charge is -2.39. The van der Waals surface area contributed by atoms with E-state index in [-0.39, 0.29) is 46.0 Å². The number of nitrogens with one attached hydrogen (secondary N) is 3. The van der Waals surface area contributed by atoms with Gasteiger partial charge in [-0.3, -0.25) is 9.59 Å². The third-order valence-electron chi connectivity index (χ3n) is 5.49. The Morgan fingerprint density at radius 3 is 2.89 bits per heavy atom. The Bertz CT molecular complexity index is 753. The molecule has 2 amide bonds. The van der Waals surface area contributed by atoms with Crippen LogP contribution in [0.3, 0.4) is 0 Å². The van der Waals surface area contributed by atoms with Gasteiger partial charge in [-0.2, -0.15) is 0 Å². The van der Waals surface area contributed by atoms with Gasteiger partial charge in [0.05, 0.1) is 10.3 Å². The van der Waals surface area contributed by atoms with Crippen molar-refractivity contribution in [3.8, 4) is 5.75 Å². The maximum Gasteiger partial charge on any atom is 0.258 e. The molecule has 1 aliphatic heterocycles. The molecule has 5 rings (SSSR count). The normalized spacial score (nSPS) is 31.3. The van der Waals surface area contributed by atoms with Gasteiger partial charge in [-0.15, -0.1) is 11.8 Å². The summed E-state index contributed by atoms with van der Waals surface area (Å²) in [6.07, 6.45) is 2.49. The SMILES string of the molecule is O=C(COc1ccc(Cl)c(F)c1)NC12CC(C1)[C@@H](NC(=O)C1CNCS1)C2. The number of hydrogen-bond acceptors (Lipinski definition) is 5. The van der Waals surface area contributed by atoms with Gasteiger partial charge >= 0.3 is 0 Å². The monoisotopic (exact) mass is 413 g/mol. The first kappa shape index (κ1) is 18.8. The Morgan fingerprint density at radius 2 is 2.19 bits per heavy atom. The number of carbonyl (C=O) groups excluding carboxylic acids is 2. The van der Waals surface area contributed by atoms with Crippen LogP contribution in [-0.4, -0.2) is 47.7 Å². The van der Waals surface area contributed by atoms with Crippen LogP contribution in [-0.2, 0) is 9.59 Å². The van der Waals surface area contributed by atoms with Crippen molar-refractivity contribution < 1.29 is 18.7 Å². The molecule has 1 aromatic carbocycles. The molecule has 27 heavy (non-hydrogen) atoms. The van der Waals surface area contributed by atoms with Gasteiger partial charge in [0.2, 0.25) is 5.91 Å². The van der Waals surface area contributed by atoms with E-state index in [4.69, 9.17) is 16.3 Å². The molecular weight excluding hydrogens is 393 g/mol. The number of amides is 2. The van der Waals surface area contributed by atoms with Gasteiger partial charge in [0, 0.05) is 30.1 Å². The molecule has 0 aromatic heterocycles. The van der Waals surface area contributed by atoms with Crippen LogP contribution in [0.1, 0.15) is 19.3 Å². The third kappa shape index (κ3) is 4.02. The fourth-order valence-corrected chi connectivity index (χ4v) is 5.21. The van der Waals surface area contributed by atoms with Crippen molar-refractivity contribution in [1.82, 2.24) is 16.0 Å². The summed E-state index contributed by atoms with van der Waals surface area (Å²) in [4.78, 5) is 24.5. The number of thioether (sulfide) groups is 1. The van der Waals surface area contributed by atoms with Crippen LogP contribution in [0.4, 0.5) is 4.39 Å². The van der Waals surface area contributed by atoms with Gasteiger partial charge in [-0.25, -0.2) is 4.39 Å². The predicted molar refractivity (Wildman–Crippen MR) is 101 cm³/mol. The summed E-state index contributed by atoms with van der Waals surface area (Å²) in [7, 11) is 0. The molecular formula is C18H21ClFN3O3S. The van der Waals surface area contributed by atoms with Crippen molar-refractivity contribution in [2.45, 2.75) is 36.1 Å². The highest BCUT2D eigenvalue weighted by molar-refractivity contribution is 8.00. The van der Waals surface area contributed by atoms with E-state index in [9.17, 15) is 14.0 Å². The zero-order chi connectivity index (χ0) is 19.0. The molecule has 4 fully saturated rings. The highest BCUT2D eigenvalue weighted by Gasteiger charge is 2.57. The molecule has 0 radical (unpaired) electrons. The van der Waals surface area contributed by atoms with Crippen LogP contribution in [0.25, 0.3) is 0 Å². The summed E-state index contributed by atoms with van der Waals surface area (Å²) >= 11 is 7.25. The molecule has 1 aromatic rings. The third-order valence-corrected chi connectivity index (χ3v) is 6.95. The van der Waals surface area contributed by atoms with E-state index in [2.05, 4.69) is 16.0 Å². The molecule has 3 aliphatic carbocycles. The minimum absolute atomic E-state index is 0.0111. The van der Waals surface area contributed by atoms with E-state index in [1.54, 1.807) is 11.8 Å². The largest absolute Gasteiger partial charge is 0.484 e. The second kappa shape index (κ2) is 7.48. The minimum atomic E-state index is -0.583. The second-order valence-electron chi connectivity index (χ2n) is 7.43. The van der Waals surface area contributed by atoms with Gasteiger partial charge in [0.15, 0.2) is 6.61 Å². The van der Waals surface area contributed by atoms with Gasteiger partial charge in [0.25, 0.3) is 5.91 Å². The molecule has 1 heterocycles. The topological polar surface area (TPSA) is 79.5 Å². The number of ether oxygens (including phenoxy) is 1. The molecule has 0 spiro atoms. The minimum Gasteiger partial charge on any atom is -0.484 e. The first-order valence-corrected chi connectivity index (χ1v) is 10.4. The Kier molecular flexibility index (Phi) is 5.22. The lowest BCUT2D eigenvalue weighted by atomic mass is 9.76. The predicted octanol–water partition coefficient (Wildman–Crippen LogP) is 1.67. The van der Waals surface area contributed by atoms with E-state index < -0.39 is 5.82 Å². The van der Waals surface area contributed by atoms with Gasteiger partial charge in [0.1, 0.15) is 11.6 Å². The quantitative estimate of drug-likeness (QED) is 0.661. The summed E-state index contributed by atoms with van der Waals surface area (Å²) in [6, 6.07) is 4.18. The lowest BCUT2D eigenvalue weighted by Crippen LogP contribution is -2.53. The zero-order valence-corrected chi connectivity index (χ0v) is 16.2. The fraction of sp³-hybridized carbons (Fsp3) is 0.556. The van der Waals surface area contributed by atoms with E-state index in [1.165, 1.54) is 12.1 Å². The van der Waals surface area contributed by atoms with E-state index in [0.717, 1.165) is 31.2 Å². The summed E-state index contributed by atoms with van der Waals surface area (Å²) in [5, 5.41) is 9.33. The molecule has 2 atom stereocenters. The van der Waals surface area contributed by atoms with E-state index in [0.29, 0.717) is 12.5 Å².